The molecule has 3 rings (SSSR count). The molecule has 1 spiro atoms. The third-order valence-corrected chi connectivity index (χ3v) is 4.68. The Labute approximate surface area is 120 Å². The van der Waals surface area contributed by atoms with E-state index in [0.717, 1.165) is 63.3 Å². The fourth-order valence-electron chi connectivity index (χ4n) is 3.52. The monoisotopic (exact) mass is 279 g/mol. The van der Waals surface area contributed by atoms with Crippen molar-refractivity contribution in [2.75, 3.05) is 25.6 Å². The van der Waals surface area contributed by atoms with Gasteiger partial charge in [0.2, 0.25) is 0 Å². The number of hydrogen-bond acceptors (Lipinski definition) is 4. The van der Waals surface area contributed by atoms with Gasteiger partial charge in [-0.1, -0.05) is 13.8 Å². The molecule has 2 N–H and O–H groups in total. The van der Waals surface area contributed by atoms with Crippen LogP contribution in [-0.2, 0) is 22.3 Å². The Bertz CT molecular complexity index is 478. The molecule has 5 heteroatoms. The predicted molar refractivity (Wildman–Crippen MR) is 77.8 cm³/mol. The van der Waals surface area contributed by atoms with E-state index < -0.39 is 0 Å². The van der Waals surface area contributed by atoms with Crippen LogP contribution in [0.2, 0.25) is 0 Å². The molecule has 2 fully saturated rings. The second kappa shape index (κ2) is 5.37. The van der Waals surface area contributed by atoms with E-state index in [2.05, 4.69) is 18.5 Å². The number of rotatable bonds is 3. The lowest BCUT2D eigenvalue weighted by Gasteiger charge is -2.37. The zero-order chi connectivity index (χ0) is 14.2. The quantitative estimate of drug-likeness (QED) is 0.920. The molecule has 0 saturated carbocycles. The van der Waals surface area contributed by atoms with E-state index in [1.165, 1.54) is 5.69 Å². The summed E-state index contributed by atoms with van der Waals surface area (Å²) in [6.07, 6.45) is 4.83. The number of ether oxygens (including phenoxy) is 2. The molecule has 0 aliphatic carbocycles. The Kier molecular flexibility index (Phi) is 3.73. The van der Waals surface area contributed by atoms with Crippen molar-refractivity contribution in [3.05, 3.63) is 11.4 Å². The number of nitrogens with zero attached hydrogens (tertiary/aromatic N) is 2. The lowest BCUT2D eigenvalue weighted by molar-refractivity contribution is -0.0965. The molecule has 2 aliphatic heterocycles. The summed E-state index contributed by atoms with van der Waals surface area (Å²) in [5, 5.41) is 4.77. The number of nitrogens with two attached hydrogens (primary N) is 1. The minimum absolute atomic E-state index is 0.0823. The van der Waals surface area contributed by atoms with Crippen LogP contribution in [0.15, 0.2) is 0 Å². The molecular weight excluding hydrogens is 254 g/mol. The first-order valence-corrected chi connectivity index (χ1v) is 7.76. The maximum absolute atomic E-state index is 6.24. The van der Waals surface area contributed by atoms with Gasteiger partial charge in [0.1, 0.15) is 0 Å². The van der Waals surface area contributed by atoms with E-state index in [1.807, 2.05) is 0 Å². The van der Waals surface area contributed by atoms with Gasteiger partial charge >= 0.3 is 0 Å². The lowest BCUT2D eigenvalue weighted by atomic mass is 9.89. The molecule has 2 unspecified atom stereocenters. The van der Waals surface area contributed by atoms with E-state index in [0.29, 0.717) is 6.04 Å². The van der Waals surface area contributed by atoms with Gasteiger partial charge in [0.05, 0.1) is 35.3 Å². The molecule has 0 radical (unpaired) electrons. The molecule has 2 saturated heterocycles. The van der Waals surface area contributed by atoms with Crippen LogP contribution in [0.1, 0.15) is 50.5 Å². The standard InChI is InChI=1S/C15H25N3O2/c1-3-12-14(16)13(4-2)18(17-12)11-5-7-20-15(9-11)6-8-19-10-15/h11H,3-10,16H2,1-2H3. The SMILES string of the molecule is CCc1nn(C2CCOC3(CCOC3)C2)c(CC)c1N. The van der Waals surface area contributed by atoms with Crippen molar-refractivity contribution in [2.24, 2.45) is 0 Å². The smallest absolute Gasteiger partial charge is 0.0957 e. The summed E-state index contributed by atoms with van der Waals surface area (Å²) in [4.78, 5) is 0. The van der Waals surface area contributed by atoms with Crippen molar-refractivity contribution in [3.8, 4) is 0 Å². The number of aryl methyl sites for hydroxylation is 1. The van der Waals surface area contributed by atoms with Gasteiger partial charge < -0.3 is 15.2 Å². The van der Waals surface area contributed by atoms with Crippen LogP contribution >= 0.6 is 0 Å². The normalized spacial score (nSPS) is 30.2. The van der Waals surface area contributed by atoms with Gasteiger partial charge in [0.15, 0.2) is 0 Å². The first kappa shape index (κ1) is 13.9. The Morgan fingerprint density at radius 1 is 1.35 bits per heavy atom. The molecule has 5 nitrogen and oxygen atoms in total. The van der Waals surface area contributed by atoms with Crippen LogP contribution < -0.4 is 5.73 Å². The van der Waals surface area contributed by atoms with Crippen molar-refractivity contribution in [2.45, 2.75) is 57.6 Å². The maximum atomic E-state index is 6.24. The second-order valence-corrected chi connectivity index (χ2v) is 5.94. The Balaban J connectivity index is 1.88. The average molecular weight is 279 g/mol. The topological polar surface area (TPSA) is 62.3 Å². The van der Waals surface area contributed by atoms with Gasteiger partial charge in [-0.2, -0.15) is 5.10 Å². The summed E-state index contributed by atoms with van der Waals surface area (Å²) in [7, 11) is 0. The zero-order valence-corrected chi connectivity index (χ0v) is 12.5. The van der Waals surface area contributed by atoms with E-state index in [9.17, 15) is 0 Å². The molecule has 20 heavy (non-hydrogen) atoms. The second-order valence-electron chi connectivity index (χ2n) is 5.94. The van der Waals surface area contributed by atoms with E-state index >= 15 is 0 Å². The summed E-state index contributed by atoms with van der Waals surface area (Å²) in [5.41, 5.74) is 9.26. The molecule has 0 amide bonds. The Hall–Kier alpha value is -1.07. The van der Waals surface area contributed by atoms with Gasteiger partial charge in [-0.05, 0) is 19.3 Å². The molecule has 112 valence electrons. The minimum atomic E-state index is -0.0823. The summed E-state index contributed by atoms with van der Waals surface area (Å²) < 4.78 is 13.7. The van der Waals surface area contributed by atoms with Crippen molar-refractivity contribution in [1.82, 2.24) is 9.78 Å². The molecule has 1 aromatic rings. The third kappa shape index (κ3) is 2.23. The lowest BCUT2D eigenvalue weighted by Crippen LogP contribution is -2.41. The van der Waals surface area contributed by atoms with Gasteiger partial charge in [-0.25, -0.2) is 0 Å². The number of nitrogen functional groups attached to an aromatic ring is 1. The average Bonchev–Trinajstić information content (AvgIpc) is 3.03. The van der Waals surface area contributed by atoms with Gasteiger partial charge in [0.25, 0.3) is 0 Å². The first-order valence-electron chi connectivity index (χ1n) is 7.76. The van der Waals surface area contributed by atoms with Crippen LogP contribution in [0.4, 0.5) is 5.69 Å². The van der Waals surface area contributed by atoms with E-state index in [-0.39, 0.29) is 5.60 Å². The van der Waals surface area contributed by atoms with Crippen LogP contribution in [0.3, 0.4) is 0 Å². The summed E-state index contributed by atoms with van der Waals surface area (Å²) >= 11 is 0. The summed E-state index contributed by atoms with van der Waals surface area (Å²) in [5.74, 6) is 0. The minimum Gasteiger partial charge on any atom is -0.396 e. The molecule has 2 atom stereocenters. The highest BCUT2D eigenvalue weighted by atomic mass is 16.6. The maximum Gasteiger partial charge on any atom is 0.0957 e. The van der Waals surface area contributed by atoms with Crippen molar-refractivity contribution in [3.63, 3.8) is 0 Å². The highest BCUT2D eigenvalue weighted by Gasteiger charge is 2.42. The number of hydrogen-bond donors (Lipinski definition) is 1. The molecular formula is C15H25N3O2. The van der Waals surface area contributed by atoms with Crippen LogP contribution in [-0.4, -0.2) is 35.2 Å². The zero-order valence-electron chi connectivity index (χ0n) is 12.5. The molecule has 2 aliphatic rings. The van der Waals surface area contributed by atoms with Crippen LogP contribution in [0, 0.1) is 0 Å². The molecule has 3 heterocycles. The van der Waals surface area contributed by atoms with Crippen molar-refractivity contribution >= 4 is 5.69 Å². The van der Waals surface area contributed by atoms with E-state index in [4.69, 9.17) is 20.3 Å². The summed E-state index contributed by atoms with van der Waals surface area (Å²) in [6, 6.07) is 0.392. The fourth-order valence-corrected chi connectivity index (χ4v) is 3.52. The highest BCUT2D eigenvalue weighted by Crippen LogP contribution is 2.39. The fraction of sp³-hybridized carbons (Fsp3) is 0.800. The number of anilines is 1. The van der Waals surface area contributed by atoms with Gasteiger partial charge in [-0.3, -0.25) is 4.68 Å². The van der Waals surface area contributed by atoms with Crippen LogP contribution in [0.25, 0.3) is 0 Å². The third-order valence-electron chi connectivity index (χ3n) is 4.68. The molecule has 0 aromatic carbocycles. The largest absolute Gasteiger partial charge is 0.396 e. The van der Waals surface area contributed by atoms with Crippen LogP contribution in [0.5, 0.6) is 0 Å². The molecule has 0 bridgehead atoms. The number of aromatic nitrogens is 2. The van der Waals surface area contributed by atoms with E-state index in [1.54, 1.807) is 0 Å². The van der Waals surface area contributed by atoms with Crippen molar-refractivity contribution < 1.29 is 9.47 Å². The Morgan fingerprint density at radius 2 is 2.20 bits per heavy atom. The predicted octanol–water partition coefficient (Wildman–Crippen LogP) is 2.10. The van der Waals surface area contributed by atoms with Gasteiger partial charge in [0, 0.05) is 26.1 Å². The first-order chi connectivity index (χ1) is 9.69. The molecule has 1 aromatic heterocycles. The summed E-state index contributed by atoms with van der Waals surface area (Å²) in [6.45, 7) is 6.59. The van der Waals surface area contributed by atoms with Gasteiger partial charge in [-0.15, -0.1) is 0 Å². The Morgan fingerprint density at radius 3 is 2.85 bits per heavy atom. The highest BCUT2D eigenvalue weighted by molar-refractivity contribution is 5.48. The van der Waals surface area contributed by atoms with Crippen molar-refractivity contribution in [1.29, 1.82) is 0 Å².